The van der Waals surface area contributed by atoms with Gasteiger partial charge in [-0.15, -0.1) is 0 Å². The molecular formula is C25H29BO6. The zero-order chi connectivity index (χ0) is 22.8. The van der Waals surface area contributed by atoms with Crippen molar-refractivity contribution in [3.63, 3.8) is 0 Å². The first kappa shape index (κ1) is 23.7. The molecule has 0 aliphatic heterocycles. The van der Waals surface area contributed by atoms with Gasteiger partial charge in [0, 0.05) is 0 Å². The predicted molar refractivity (Wildman–Crippen MR) is 124 cm³/mol. The molecule has 0 atom stereocenters. The number of hydrogen-bond donors (Lipinski definition) is 0. The first-order valence-corrected chi connectivity index (χ1v) is 10.4. The minimum atomic E-state index is -0.833. The van der Waals surface area contributed by atoms with E-state index in [-0.39, 0.29) is 0 Å². The number of hydrogen-bond acceptors (Lipinski definition) is 6. The molecule has 0 N–H and O–H groups in total. The van der Waals surface area contributed by atoms with Crippen molar-refractivity contribution in [2.75, 3.05) is 21.3 Å². The van der Waals surface area contributed by atoms with E-state index in [9.17, 15) is 0 Å². The molecule has 0 heterocycles. The third-order valence-corrected chi connectivity index (χ3v) is 5.01. The molecule has 0 aliphatic rings. The van der Waals surface area contributed by atoms with Gasteiger partial charge < -0.3 is 28.2 Å². The number of methoxy groups -OCH3 is 3. The van der Waals surface area contributed by atoms with E-state index >= 15 is 0 Å². The van der Waals surface area contributed by atoms with Gasteiger partial charge in [0.1, 0.15) is 17.2 Å². The second kappa shape index (κ2) is 12.1. The molecule has 0 radical (unpaired) electrons. The second-order valence-electron chi connectivity index (χ2n) is 7.21. The fourth-order valence-electron chi connectivity index (χ4n) is 3.03. The predicted octanol–water partition coefficient (Wildman–Crippen LogP) is 4.96. The van der Waals surface area contributed by atoms with Crippen LogP contribution in [0.5, 0.6) is 17.2 Å². The van der Waals surface area contributed by atoms with Gasteiger partial charge >= 0.3 is 7.32 Å². The Morgan fingerprint density at radius 2 is 1.00 bits per heavy atom. The van der Waals surface area contributed by atoms with Gasteiger partial charge in [0.25, 0.3) is 0 Å². The minimum Gasteiger partial charge on any atom is -0.497 e. The van der Waals surface area contributed by atoms with E-state index in [1.807, 2.05) is 73.7 Å². The highest BCUT2D eigenvalue weighted by atomic mass is 16.7. The molecule has 7 heteroatoms. The summed E-state index contributed by atoms with van der Waals surface area (Å²) in [5.41, 5.74) is 4.10. The van der Waals surface area contributed by atoms with Gasteiger partial charge in [-0.3, -0.25) is 0 Å². The zero-order valence-corrected chi connectivity index (χ0v) is 19.0. The van der Waals surface area contributed by atoms with E-state index in [4.69, 9.17) is 28.2 Å². The van der Waals surface area contributed by atoms with Crippen molar-refractivity contribution in [2.45, 2.75) is 26.7 Å². The lowest BCUT2D eigenvalue weighted by Crippen LogP contribution is -2.27. The van der Waals surface area contributed by atoms with Crippen molar-refractivity contribution < 1.29 is 28.2 Å². The summed E-state index contributed by atoms with van der Waals surface area (Å²) in [7, 11) is 4.11. The van der Waals surface area contributed by atoms with E-state index < -0.39 is 7.32 Å². The molecule has 0 aliphatic carbocycles. The van der Waals surface area contributed by atoms with Crippen LogP contribution in [0.15, 0.2) is 66.7 Å². The second-order valence-corrected chi connectivity index (χ2v) is 7.21. The van der Waals surface area contributed by atoms with Crippen LogP contribution in [-0.2, 0) is 33.8 Å². The van der Waals surface area contributed by atoms with Gasteiger partial charge in [-0.2, -0.15) is 0 Å². The summed E-state index contributed by atoms with van der Waals surface area (Å²) in [6.45, 7) is 3.07. The summed E-state index contributed by atoms with van der Waals surface area (Å²) in [6.07, 6.45) is 0. The van der Waals surface area contributed by atoms with Gasteiger partial charge in [0.05, 0.1) is 41.2 Å². The fraction of sp³-hybridized carbons (Fsp3) is 0.280. The lowest BCUT2D eigenvalue weighted by atomic mass is 10.1. The molecular weight excluding hydrogens is 407 g/mol. The molecule has 0 bridgehead atoms. The highest BCUT2D eigenvalue weighted by Gasteiger charge is 2.22. The third-order valence-electron chi connectivity index (χ3n) is 5.01. The molecule has 6 nitrogen and oxygen atoms in total. The third kappa shape index (κ3) is 7.02. The van der Waals surface area contributed by atoms with Crippen molar-refractivity contribution in [2.24, 2.45) is 0 Å². The number of benzene rings is 3. The van der Waals surface area contributed by atoms with Crippen molar-refractivity contribution in [3.8, 4) is 17.2 Å². The SMILES string of the molecule is COc1ccc(COB(OCc2ccc(OC)cc2)OCc2ccc(OC)cc2C)cc1. The summed E-state index contributed by atoms with van der Waals surface area (Å²) in [5, 5.41) is 0. The van der Waals surface area contributed by atoms with E-state index in [1.54, 1.807) is 21.3 Å². The molecule has 3 rings (SSSR count). The van der Waals surface area contributed by atoms with E-state index in [0.717, 1.165) is 39.5 Å². The average Bonchev–Trinajstić information content (AvgIpc) is 2.84. The Balaban J connectivity index is 1.62. The van der Waals surface area contributed by atoms with Crippen LogP contribution in [-0.4, -0.2) is 28.7 Å². The van der Waals surface area contributed by atoms with Crippen LogP contribution in [0, 0.1) is 6.92 Å². The molecule has 0 spiro atoms. The molecule has 0 amide bonds. The molecule has 168 valence electrons. The van der Waals surface area contributed by atoms with Gasteiger partial charge in [-0.05, 0) is 65.6 Å². The summed E-state index contributed by atoms with van der Waals surface area (Å²) < 4.78 is 33.5. The Morgan fingerprint density at radius 3 is 1.44 bits per heavy atom. The molecule has 0 saturated carbocycles. The Hall–Kier alpha value is -3.00. The fourth-order valence-corrected chi connectivity index (χ4v) is 3.03. The molecule has 0 saturated heterocycles. The standard InChI is InChI=1S/C25H29BO6/c1-19-15-25(29-4)14-9-22(19)18-32-26(30-16-20-5-10-23(27-2)11-6-20)31-17-21-7-12-24(28-3)13-8-21/h5-15H,16-18H2,1-4H3. The Labute approximate surface area is 190 Å². The van der Waals surface area contributed by atoms with E-state index in [1.165, 1.54) is 0 Å². The highest BCUT2D eigenvalue weighted by molar-refractivity contribution is 6.36. The molecule has 0 aromatic heterocycles. The number of ether oxygens (including phenoxy) is 3. The monoisotopic (exact) mass is 436 g/mol. The van der Waals surface area contributed by atoms with Crippen LogP contribution in [0.4, 0.5) is 0 Å². The minimum absolute atomic E-state index is 0.346. The zero-order valence-electron chi connectivity index (χ0n) is 19.0. The Bertz CT molecular complexity index is 908. The maximum Gasteiger partial charge on any atom is 0.640 e. The summed E-state index contributed by atoms with van der Waals surface area (Å²) in [4.78, 5) is 0. The molecule has 3 aromatic rings. The van der Waals surface area contributed by atoms with Crippen LogP contribution < -0.4 is 14.2 Å². The Kier molecular flexibility index (Phi) is 8.98. The van der Waals surface area contributed by atoms with E-state index in [2.05, 4.69) is 0 Å². The quantitative estimate of drug-likeness (QED) is 0.375. The largest absolute Gasteiger partial charge is 0.640 e. The van der Waals surface area contributed by atoms with Gasteiger partial charge in [-0.25, -0.2) is 0 Å². The van der Waals surface area contributed by atoms with Crippen molar-refractivity contribution >= 4 is 7.32 Å². The van der Waals surface area contributed by atoms with Crippen molar-refractivity contribution in [1.82, 2.24) is 0 Å². The maximum absolute atomic E-state index is 5.98. The molecule has 32 heavy (non-hydrogen) atoms. The lowest BCUT2D eigenvalue weighted by Gasteiger charge is -2.16. The molecule has 0 fully saturated rings. The molecule has 0 unspecified atom stereocenters. The summed E-state index contributed by atoms with van der Waals surface area (Å²) in [6, 6.07) is 21.3. The lowest BCUT2D eigenvalue weighted by molar-refractivity contribution is 0.0765. The van der Waals surface area contributed by atoms with Gasteiger partial charge in [-0.1, -0.05) is 30.3 Å². The first-order valence-electron chi connectivity index (χ1n) is 10.4. The average molecular weight is 436 g/mol. The van der Waals surface area contributed by atoms with Gasteiger partial charge in [0.2, 0.25) is 0 Å². The maximum atomic E-state index is 5.98. The van der Waals surface area contributed by atoms with Crippen LogP contribution in [0.2, 0.25) is 0 Å². The van der Waals surface area contributed by atoms with Crippen molar-refractivity contribution in [3.05, 3.63) is 89.0 Å². The van der Waals surface area contributed by atoms with E-state index in [0.29, 0.717) is 19.8 Å². The van der Waals surface area contributed by atoms with Gasteiger partial charge in [0.15, 0.2) is 0 Å². The van der Waals surface area contributed by atoms with Crippen LogP contribution in [0.25, 0.3) is 0 Å². The van der Waals surface area contributed by atoms with Crippen LogP contribution >= 0.6 is 0 Å². The topological polar surface area (TPSA) is 55.4 Å². The normalized spacial score (nSPS) is 10.6. The van der Waals surface area contributed by atoms with Crippen molar-refractivity contribution in [1.29, 1.82) is 0 Å². The number of aryl methyl sites for hydroxylation is 1. The summed E-state index contributed by atoms with van der Waals surface area (Å²) >= 11 is 0. The first-order chi connectivity index (χ1) is 15.6. The highest BCUT2D eigenvalue weighted by Crippen LogP contribution is 2.19. The Morgan fingerprint density at radius 1 is 0.562 bits per heavy atom. The number of rotatable bonds is 12. The summed E-state index contributed by atoms with van der Waals surface area (Å²) in [5.74, 6) is 2.41. The molecule has 3 aromatic carbocycles. The van der Waals surface area contributed by atoms with Crippen LogP contribution in [0.3, 0.4) is 0 Å². The van der Waals surface area contributed by atoms with Crippen LogP contribution in [0.1, 0.15) is 22.3 Å². The smallest absolute Gasteiger partial charge is 0.497 e.